The van der Waals surface area contributed by atoms with E-state index in [4.69, 9.17) is 5.11 Å². The smallest absolute Gasteiger partial charge is 0.151 e. The van der Waals surface area contributed by atoms with Crippen molar-refractivity contribution in [1.82, 2.24) is 0 Å². The Kier molecular flexibility index (Phi) is 3.71. The highest BCUT2D eigenvalue weighted by atomic mass is 16.3. The van der Waals surface area contributed by atoms with Gasteiger partial charge in [-0.15, -0.1) is 0 Å². The van der Waals surface area contributed by atoms with Gasteiger partial charge in [0, 0.05) is 12.0 Å². The van der Waals surface area contributed by atoms with Gasteiger partial charge in [-0.25, -0.2) is 0 Å². The molecule has 0 saturated carbocycles. The summed E-state index contributed by atoms with van der Waals surface area (Å²) in [7, 11) is 0. The van der Waals surface area contributed by atoms with Gasteiger partial charge in [0.25, 0.3) is 0 Å². The zero-order valence-corrected chi connectivity index (χ0v) is 7.53. The second-order valence-corrected chi connectivity index (χ2v) is 2.63. The molecule has 3 heteroatoms. The van der Waals surface area contributed by atoms with Gasteiger partial charge < -0.3 is 10.2 Å². The molecule has 0 heterocycles. The molecule has 1 aromatic carbocycles. The molecule has 0 aliphatic carbocycles. The maximum Gasteiger partial charge on any atom is 0.151 e. The number of hydrogen-bond acceptors (Lipinski definition) is 3. The summed E-state index contributed by atoms with van der Waals surface area (Å²) < 4.78 is 0. The Balaban J connectivity index is 3.06. The van der Waals surface area contributed by atoms with Crippen LogP contribution in [0, 0.1) is 11.8 Å². The third-order valence-electron chi connectivity index (χ3n) is 1.65. The van der Waals surface area contributed by atoms with Gasteiger partial charge in [0.05, 0.1) is 12.2 Å². The molecule has 2 N–H and O–H groups in total. The second-order valence-electron chi connectivity index (χ2n) is 2.63. The number of phenols is 1. The Bertz CT molecular complexity index is 385. The van der Waals surface area contributed by atoms with E-state index >= 15 is 0 Å². The van der Waals surface area contributed by atoms with Crippen molar-refractivity contribution in [2.45, 2.75) is 6.42 Å². The van der Waals surface area contributed by atoms with E-state index in [0.717, 1.165) is 0 Å². The first-order valence-corrected chi connectivity index (χ1v) is 4.16. The number of aromatic hydroxyl groups is 1. The normalized spacial score (nSPS) is 8.93. The topological polar surface area (TPSA) is 57.5 Å². The Morgan fingerprint density at radius 3 is 2.86 bits per heavy atom. The summed E-state index contributed by atoms with van der Waals surface area (Å²) in [5.41, 5.74) is 0.673. The van der Waals surface area contributed by atoms with Crippen LogP contribution in [0.1, 0.15) is 22.3 Å². The third kappa shape index (κ3) is 2.35. The van der Waals surface area contributed by atoms with Crippen LogP contribution in [-0.4, -0.2) is 23.1 Å². The van der Waals surface area contributed by atoms with Crippen molar-refractivity contribution in [3.63, 3.8) is 0 Å². The van der Waals surface area contributed by atoms with Crippen LogP contribution < -0.4 is 0 Å². The fourth-order valence-corrected chi connectivity index (χ4v) is 0.999. The minimum Gasteiger partial charge on any atom is -0.507 e. The first-order valence-electron chi connectivity index (χ1n) is 4.16. The molecule has 1 aromatic rings. The predicted molar refractivity (Wildman–Crippen MR) is 52.1 cm³/mol. The summed E-state index contributed by atoms with van der Waals surface area (Å²) in [6.07, 6.45) is 0.968. The average Bonchev–Trinajstić information content (AvgIpc) is 2.20. The second kappa shape index (κ2) is 5.05. The first kappa shape index (κ1) is 10.3. The molecule has 0 radical (unpaired) electrons. The Labute approximate surface area is 82.0 Å². The lowest BCUT2D eigenvalue weighted by Gasteiger charge is -1.98. The summed E-state index contributed by atoms with van der Waals surface area (Å²) in [5, 5.41) is 17.9. The van der Waals surface area contributed by atoms with Crippen molar-refractivity contribution in [3.05, 3.63) is 29.3 Å². The number of benzene rings is 1. The summed E-state index contributed by atoms with van der Waals surface area (Å²) in [6.45, 7) is -0.0307. The van der Waals surface area contributed by atoms with E-state index in [0.29, 0.717) is 23.8 Å². The van der Waals surface area contributed by atoms with E-state index in [-0.39, 0.29) is 12.4 Å². The molecule has 0 aliphatic rings. The highest BCUT2D eigenvalue weighted by Crippen LogP contribution is 2.18. The molecule has 0 unspecified atom stereocenters. The van der Waals surface area contributed by atoms with Crippen LogP contribution in [0.4, 0.5) is 0 Å². The minimum absolute atomic E-state index is 0.0139. The fraction of sp³-hybridized carbons (Fsp3) is 0.182. The summed E-state index contributed by atoms with van der Waals surface area (Å²) in [4.78, 5) is 10.6. The van der Waals surface area contributed by atoms with Crippen LogP contribution >= 0.6 is 0 Å². The molecule has 3 nitrogen and oxygen atoms in total. The van der Waals surface area contributed by atoms with Crippen LogP contribution in [0.3, 0.4) is 0 Å². The van der Waals surface area contributed by atoms with Gasteiger partial charge in [0.1, 0.15) is 5.75 Å². The van der Waals surface area contributed by atoms with E-state index in [9.17, 15) is 9.90 Å². The van der Waals surface area contributed by atoms with Crippen molar-refractivity contribution in [2.24, 2.45) is 0 Å². The van der Waals surface area contributed by atoms with Crippen LogP contribution in [-0.2, 0) is 0 Å². The van der Waals surface area contributed by atoms with Crippen LogP contribution in [0.15, 0.2) is 18.2 Å². The summed E-state index contributed by atoms with van der Waals surface area (Å²) in [6, 6.07) is 4.63. The molecule has 0 fully saturated rings. The number of carbonyl (C=O) groups is 1. The standard InChI is InChI=1S/C11H10O3/c12-7-2-1-5-10-9(8-13)4-3-6-11(10)14/h3-4,6,8,12,14H,2,7H2. The van der Waals surface area contributed by atoms with Crippen LogP contribution in [0.25, 0.3) is 0 Å². The molecular formula is C11H10O3. The van der Waals surface area contributed by atoms with E-state index in [2.05, 4.69) is 11.8 Å². The monoisotopic (exact) mass is 190 g/mol. The minimum atomic E-state index is -0.0307. The van der Waals surface area contributed by atoms with Gasteiger partial charge in [-0.2, -0.15) is 0 Å². The number of aliphatic hydroxyl groups is 1. The molecule has 14 heavy (non-hydrogen) atoms. The van der Waals surface area contributed by atoms with Gasteiger partial charge >= 0.3 is 0 Å². The maximum atomic E-state index is 10.6. The van der Waals surface area contributed by atoms with Crippen molar-refractivity contribution < 1.29 is 15.0 Å². The van der Waals surface area contributed by atoms with Gasteiger partial charge in [-0.1, -0.05) is 24.0 Å². The number of phenolic OH excluding ortho intramolecular Hbond substituents is 1. The molecule has 0 saturated heterocycles. The van der Waals surface area contributed by atoms with E-state index < -0.39 is 0 Å². The Hall–Kier alpha value is -1.79. The maximum absolute atomic E-state index is 10.6. The molecule has 72 valence electrons. The first-order chi connectivity index (χ1) is 6.79. The summed E-state index contributed by atoms with van der Waals surface area (Å²) >= 11 is 0. The number of rotatable bonds is 2. The number of aliphatic hydroxyl groups excluding tert-OH is 1. The van der Waals surface area contributed by atoms with E-state index in [1.165, 1.54) is 6.07 Å². The third-order valence-corrected chi connectivity index (χ3v) is 1.65. The molecule has 0 amide bonds. The molecular weight excluding hydrogens is 180 g/mol. The fourth-order valence-electron chi connectivity index (χ4n) is 0.999. The van der Waals surface area contributed by atoms with Crippen molar-refractivity contribution in [3.8, 4) is 17.6 Å². The molecule has 0 aliphatic heterocycles. The zero-order valence-electron chi connectivity index (χ0n) is 7.53. The van der Waals surface area contributed by atoms with Gasteiger partial charge in [0.15, 0.2) is 6.29 Å². The molecule has 0 bridgehead atoms. The zero-order chi connectivity index (χ0) is 10.4. The summed E-state index contributed by atoms with van der Waals surface area (Å²) in [5.74, 6) is 5.28. The van der Waals surface area contributed by atoms with Gasteiger partial charge in [-0.05, 0) is 6.07 Å². The lowest BCUT2D eigenvalue weighted by Crippen LogP contribution is -1.87. The average molecular weight is 190 g/mol. The molecule has 1 rings (SSSR count). The molecule has 0 spiro atoms. The lowest BCUT2D eigenvalue weighted by atomic mass is 10.1. The predicted octanol–water partition coefficient (Wildman–Crippen LogP) is 0.939. The SMILES string of the molecule is O=Cc1cccc(O)c1C#CCCO. The van der Waals surface area contributed by atoms with Crippen molar-refractivity contribution in [2.75, 3.05) is 6.61 Å². The van der Waals surface area contributed by atoms with Crippen molar-refractivity contribution >= 4 is 6.29 Å². The number of aldehydes is 1. The van der Waals surface area contributed by atoms with Crippen LogP contribution in [0.5, 0.6) is 5.75 Å². The van der Waals surface area contributed by atoms with Crippen LogP contribution in [0.2, 0.25) is 0 Å². The van der Waals surface area contributed by atoms with Gasteiger partial charge in [-0.3, -0.25) is 4.79 Å². The molecule has 0 atom stereocenters. The number of hydrogen-bond donors (Lipinski definition) is 2. The lowest BCUT2D eigenvalue weighted by molar-refractivity contribution is 0.112. The van der Waals surface area contributed by atoms with E-state index in [1.54, 1.807) is 12.1 Å². The van der Waals surface area contributed by atoms with E-state index in [1.807, 2.05) is 0 Å². The van der Waals surface area contributed by atoms with Gasteiger partial charge in [0.2, 0.25) is 0 Å². The Morgan fingerprint density at radius 1 is 1.43 bits per heavy atom. The van der Waals surface area contributed by atoms with Crippen molar-refractivity contribution in [1.29, 1.82) is 0 Å². The Morgan fingerprint density at radius 2 is 2.21 bits per heavy atom. The molecule has 0 aromatic heterocycles. The highest BCUT2D eigenvalue weighted by molar-refractivity contribution is 5.81. The highest BCUT2D eigenvalue weighted by Gasteiger charge is 2.02. The quantitative estimate of drug-likeness (QED) is 0.539. The number of carbonyl (C=O) groups excluding carboxylic acids is 1. The largest absolute Gasteiger partial charge is 0.507 e.